The molecule has 8 nitrogen and oxygen atoms in total. The van der Waals surface area contributed by atoms with Crippen LogP contribution >= 0.6 is 7.82 Å². The van der Waals surface area contributed by atoms with E-state index in [0.29, 0.717) is 23.9 Å². The predicted molar refractivity (Wildman–Crippen MR) is 302 cm³/mol. The molecule has 0 saturated heterocycles. The van der Waals surface area contributed by atoms with E-state index in [4.69, 9.17) is 9.05 Å². The standard InChI is InChI=1S/C61H113N2O6P/c1-6-8-10-12-14-16-18-20-22-24-26-27-28-29-30-31-32-33-34-35-37-39-41-43-45-47-49-51-53-55-61(65)62-59(58-69-70(66,67)68-57-56-63(3,4)5)60(64)54-52-50-48-46-44-42-40-38-36-25-23-21-19-17-15-13-11-9-7-2/h8,10,14,16,20,22,26-27,29-30,32-33,59-60,64H,6-7,9,11-13,15,17-19,21,23-25,28,31,34-58H2,1-5H3,(H-,62,65,66,67)/b10-8-,16-14-,22-20-,27-26-,30-29-,33-32-. The van der Waals surface area contributed by atoms with Crippen LogP contribution in [0.2, 0.25) is 0 Å². The van der Waals surface area contributed by atoms with Gasteiger partial charge in [0.25, 0.3) is 7.82 Å². The Hall–Kier alpha value is -2.06. The van der Waals surface area contributed by atoms with E-state index in [1.165, 1.54) is 148 Å². The van der Waals surface area contributed by atoms with E-state index in [9.17, 15) is 19.4 Å². The van der Waals surface area contributed by atoms with E-state index in [-0.39, 0.29) is 19.1 Å². The number of phosphoric ester groups is 1. The Morgan fingerprint density at radius 2 is 0.871 bits per heavy atom. The largest absolute Gasteiger partial charge is 0.756 e. The van der Waals surface area contributed by atoms with Gasteiger partial charge in [0.1, 0.15) is 13.2 Å². The molecule has 0 aliphatic rings. The lowest BCUT2D eigenvalue weighted by Crippen LogP contribution is -2.46. The SMILES string of the molecule is CC/C=C\C/C=C\C/C=C\C/C=C\C/C=C\C/C=C\CCCCCCCCCCCCC(=O)NC(COP(=O)([O-])OCC[N+](C)(C)C)C(O)CCCCCCCCCCCCCCCCCCCCC. The first-order valence-corrected chi connectivity index (χ1v) is 30.7. The van der Waals surface area contributed by atoms with Gasteiger partial charge >= 0.3 is 0 Å². The fourth-order valence-electron chi connectivity index (χ4n) is 8.40. The number of carbonyl (C=O) groups is 1. The van der Waals surface area contributed by atoms with Crippen molar-refractivity contribution in [2.45, 2.75) is 270 Å². The number of aliphatic hydroxyl groups is 1. The van der Waals surface area contributed by atoms with Crippen molar-refractivity contribution in [3.63, 3.8) is 0 Å². The van der Waals surface area contributed by atoms with Crippen LogP contribution in [0.15, 0.2) is 72.9 Å². The van der Waals surface area contributed by atoms with Crippen LogP contribution in [0.5, 0.6) is 0 Å². The highest BCUT2D eigenvalue weighted by Gasteiger charge is 2.24. The normalized spacial score (nSPS) is 14.4. The number of nitrogens with one attached hydrogen (secondary N) is 1. The van der Waals surface area contributed by atoms with E-state index in [1.807, 2.05) is 21.1 Å². The smallest absolute Gasteiger partial charge is 0.268 e. The van der Waals surface area contributed by atoms with Crippen molar-refractivity contribution in [1.29, 1.82) is 0 Å². The summed E-state index contributed by atoms with van der Waals surface area (Å²) in [6.45, 7) is 4.62. The highest BCUT2D eigenvalue weighted by atomic mass is 31.2. The Balaban J connectivity index is 4.17. The van der Waals surface area contributed by atoms with Crippen molar-refractivity contribution in [1.82, 2.24) is 5.32 Å². The summed E-state index contributed by atoms with van der Waals surface area (Å²) in [5, 5.41) is 14.0. The molecule has 0 fully saturated rings. The molecule has 0 spiro atoms. The second kappa shape index (κ2) is 51.8. The van der Waals surface area contributed by atoms with Gasteiger partial charge in [-0.15, -0.1) is 0 Å². The number of nitrogens with zero attached hydrogens (tertiary/aromatic N) is 1. The maximum absolute atomic E-state index is 13.0. The fourth-order valence-corrected chi connectivity index (χ4v) is 9.12. The van der Waals surface area contributed by atoms with Crippen molar-refractivity contribution in [3.8, 4) is 0 Å². The van der Waals surface area contributed by atoms with E-state index in [0.717, 1.165) is 83.5 Å². The molecule has 0 aromatic carbocycles. The average molecular weight is 1000 g/mol. The van der Waals surface area contributed by atoms with E-state index < -0.39 is 20.0 Å². The zero-order chi connectivity index (χ0) is 51.3. The van der Waals surface area contributed by atoms with Crippen molar-refractivity contribution >= 4 is 13.7 Å². The molecule has 0 aromatic rings. The number of hydrogen-bond acceptors (Lipinski definition) is 6. The Kier molecular flexibility index (Phi) is 50.3. The molecule has 0 aliphatic carbocycles. The van der Waals surface area contributed by atoms with Crippen molar-refractivity contribution in [3.05, 3.63) is 72.9 Å². The maximum Gasteiger partial charge on any atom is 0.268 e. The Morgan fingerprint density at radius 3 is 1.27 bits per heavy atom. The lowest BCUT2D eigenvalue weighted by molar-refractivity contribution is -0.870. The summed E-state index contributed by atoms with van der Waals surface area (Å²) in [6.07, 6.45) is 70.7. The molecule has 0 bridgehead atoms. The molecule has 1 amide bonds. The number of likely N-dealkylation sites (N-methyl/N-ethyl adjacent to an activating group) is 1. The molecule has 0 aliphatic heterocycles. The molecule has 0 heterocycles. The molecular weight excluding hydrogens is 888 g/mol. The molecule has 2 N–H and O–H groups in total. The summed E-state index contributed by atoms with van der Waals surface area (Å²) in [6, 6.07) is -0.807. The van der Waals surface area contributed by atoms with Gasteiger partial charge in [-0.2, -0.15) is 0 Å². The van der Waals surface area contributed by atoms with Crippen LogP contribution in [0.3, 0.4) is 0 Å². The third kappa shape index (κ3) is 53.7. The van der Waals surface area contributed by atoms with Crippen LogP contribution in [-0.4, -0.2) is 68.5 Å². The number of carbonyl (C=O) groups excluding carboxylic acids is 1. The van der Waals surface area contributed by atoms with Gasteiger partial charge in [-0.05, 0) is 64.2 Å². The predicted octanol–water partition coefficient (Wildman–Crippen LogP) is 17.2. The van der Waals surface area contributed by atoms with Gasteiger partial charge < -0.3 is 28.8 Å². The highest BCUT2D eigenvalue weighted by molar-refractivity contribution is 7.45. The van der Waals surface area contributed by atoms with Crippen LogP contribution in [0.1, 0.15) is 258 Å². The zero-order valence-electron chi connectivity index (χ0n) is 46.5. The zero-order valence-corrected chi connectivity index (χ0v) is 47.4. The summed E-state index contributed by atoms with van der Waals surface area (Å²) in [4.78, 5) is 25.6. The van der Waals surface area contributed by atoms with E-state index >= 15 is 0 Å². The first kappa shape index (κ1) is 67.9. The molecule has 0 saturated carbocycles. The molecule has 9 heteroatoms. The first-order chi connectivity index (χ1) is 34.0. The first-order valence-electron chi connectivity index (χ1n) is 29.3. The van der Waals surface area contributed by atoms with Crippen molar-refractivity contribution in [2.75, 3.05) is 40.9 Å². The molecular formula is C61H113N2O6P. The number of phosphoric acid groups is 1. The summed E-state index contributed by atoms with van der Waals surface area (Å²) in [7, 11) is 1.30. The van der Waals surface area contributed by atoms with Crippen LogP contribution in [0.25, 0.3) is 0 Å². The molecule has 70 heavy (non-hydrogen) atoms. The number of rotatable bonds is 53. The maximum atomic E-state index is 13.0. The molecule has 3 atom stereocenters. The monoisotopic (exact) mass is 1000 g/mol. The van der Waals surface area contributed by atoms with Crippen LogP contribution < -0.4 is 10.2 Å². The van der Waals surface area contributed by atoms with Gasteiger partial charge in [0, 0.05) is 6.42 Å². The summed E-state index contributed by atoms with van der Waals surface area (Å²) >= 11 is 0. The van der Waals surface area contributed by atoms with E-state index in [2.05, 4.69) is 92.1 Å². The molecule has 3 unspecified atom stereocenters. The van der Waals surface area contributed by atoms with Crippen LogP contribution in [0, 0.1) is 0 Å². The molecule has 408 valence electrons. The highest BCUT2D eigenvalue weighted by Crippen LogP contribution is 2.38. The van der Waals surface area contributed by atoms with E-state index in [1.54, 1.807) is 0 Å². The molecule has 0 radical (unpaired) electrons. The Morgan fingerprint density at radius 1 is 0.514 bits per heavy atom. The second-order valence-electron chi connectivity index (χ2n) is 21.0. The van der Waals surface area contributed by atoms with Crippen LogP contribution in [0.4, 0.5) is 0 Å². The van der Waals surface area contributed by atoms with Gasteiger partial charge in [-0.1, -0.05) is 260 Å². The van der Waals surface area contributed by atoms with Crippen molar-refractivity contribution in [2.24, 2.45) is 0 Å². The lowest BCUT2D eigenvalue weighted by Gasteiger charge is -2.30. The number of amides is 1. The number of aliphatic hydroxyl groups excluding tert-OH is 1. The topological polar surface area (TPSA) is 108 Å². The average Bonchev–Trinajstić information content (AvgIpc) is 3.32. The van der Waals surface area contributed by atoms with Gasteiger partial charge in [0.15, 0.2) is 0 Å². The fraction of sp³-hybridized carbons (Fsp3) is 0.787. The number of quaternary nitrogens is 1. The Labute approximate surface area is 434 Å². The minimum absolute atomic E-state index is 0.00887. The van der Waals surface area contributed by atoms with Gasteiger partial charge in [0.2, 0.25) is 5.91 Å². The lowest BCUT2D eigenvalue weighted by atomic mass is 10.0. The number of allylic oxidation sites excluding steroid dienone is 12. The molecule has 0 aromatic heterocycles. The minimum Gasteiger partial charge on any atom is -0.756 e. The third-order valence-corrected chi connectivity index (χ3v) is 13.9. The second-order valence-corrected chi connectivity index (χ2v) is 22.4. The van der Waals surface area contributed by atoms with Gasteiger partial charge in [-0.3, -0.25) is 9.36 Å². The summed E-state index contributed by atoms with van der Waals surface area (Å²) in [5.74, 6) is -0.170. The molecule has 0 rings (SSSR count). The van der Waals surface area contributed by atoms with Crippen LogP contribution in [-0.2, 0) is 18.4 Å². The Bertz CT molecular complexity index is 1370. The number of unbranched alkanes of at least 4 members (excludes halogenated alkanes) is 28. The van der Waals surface area contributed by atoms with Gasteiger partial charge in [0.05, 0.1) is 39.9 Å². The number of hydrogen-bond donors (Lipinski definition) is 2. The quantitative estimate of drug-likeness (QED) is 0.0272. The minimum atomic E-state index is -4.58. The summed E-state index contributed by atoms with van der Waals surface area (Å²) < 4.78 is 23.4. The van der Waals surface area contributed by atoms with Gasteiger partial charge in [-0.25, -0.2) is 0 Å². The summed E-state index contributed by atoms with van der Waals surface area (Å²) in [5.41, 5.74) is 0. The third-order valence-electron chi connectivity index (χ3n) is 13.0. The van der Waals surface area contributed by atoms with Crippen molar-refractivity contribution < 1.29 is 32.9 Å².